The lowest BCUT2D eigenvalue weighted by Crippen LogP contribution is -2.33. The Morgan fingerprint density at radius 2 is 1.72 bits per heavy atom. The van der Waals surface area contributed by atoms with Gasteiger partial charge in [0.25, 0.3) is 0 Å². The fraction of sp³-hybridized carbons (Fsp3) is 0.619. The summed E-state index contributed by atoms with van der Waals surface area (Å²) < 4.78 is 1.86. The molecule has 25 heavy (non-hydrogen) atoms. The van der Waals surface area contributed by atoms with E-state index < -0.39 is 0 Å². The zero-order valence-electron chi connectivity index (χ0n) is 15.2. The molecule has 1 aromatic heterocycles. The van der Waals surface area contributed by atoms with Crippen molar-refractivity contribution in [3.63, 3.8) is 0 Å². The minimum Gasteiger partial charge on any atom is -0.303 e. The largest absolute Gasteiger partial charge is 0.348 e. The van der Waals surface area contributed by atoms with Crippen LogP contribution in [0.3, 0.4) is 0 Å². The Bertz CT molecular complexity index is 752. The van der Waals surface area contributed by atoms with Crippen molar-refractivity contribution in [1.82, 2.24) is 14.5 Å². The summed E-state index contributed by atoms with van der Waals surface area (Å²) >= 11 is 0. The molecule has 1 saturated heterocycles. The highest BCUT2D eigenvalue weighted by atomic mass is 16.1. The number of piperidine rings is 1. The van der Waals surface area contributed by atoms with E-state index in [2.05, 4.69) is 42.8 Å². The van der Waals surface area contributed by atoms with Crippen LogP contribution < -0.4 is 5.69 Å². The molecule has 3 rings (SSSR count). The van der Waals surface area contributed by atoms with Gasteiger partial charge in [-0.25, -0.2) is 4.79 Å². The van der Waals surface area contributed by atoms with Crippen molar-refractivity contribution >= 4 is 10.9 Å². The van der Waals surface area contributed by atoms with Crippen LogP contribution >= 0.6 is 0 Å². The van der Waals surface area contributed by atoms with E-state index in [9.17, 15) is 4.79 Å². The van der Waals surface area contributed by atoms with Gasteiger partial charge in [0, 0.05) is 17.3 Å². The predicted octanol–water partition coefficient (Wildman–Crippen LogP) is 4.21. The molecule has 1 aromatic carbocycles. The van der Waals surface area contributed by atoms with E-state index in [-0.39, 0.29) is 18.5 Å². The average molecular weight is 344 g/mol. The summed E-state index contributed by atoms with van der Waals surface area (Å²) in [4.78, 5) is 19.6. The number of hydrogen-bond donors (Lipinski definition) is 0. The molecule has 4 nitrogen and oxygen atoms in total. The molecule has 0 atom stereocenters. The first-order valence-corrected chi connectivity index (χ1v) is 9.19. The van der Waals surface area contributed by atoms with Crippen LogP contribution in [0.4, 0.5) is 0 Å². The second-order valence-electron chi connectivity index (χ2n) is 7.92. The molecule has 2 heterocycles. The number of para-hydroxylation sites is 1. The third-order valence-corrected chi connectivity index (χ3v) is 4.90. The van der Waals surface area contributed by atoms with Crippen LogP contribution in [0.2, 0.25) is 0 Å². The average Bonchev–Trinajstić information content (AvgIpc) is 2.56. The van der Waals surface area contributed by atoms with Crippen LogP contribution in [0.1, 0.15) is 59.6 Å². The van der Waals surface area contributed by atoms with Gasteiger partial charge in [-0.15, -0.1) is 0 Å². The normalized spacial score (nSPS) is 16.0. The van der Waals surface area contributed by atoms with Gasteiger partial charge in [-0.1, -0.05) is 52.8 Å². The van der Waals surface area contributed by atoms with Crippen LogP contribution in [0.5, 0.6) is 0 Å². The van der Waals surface area contributed by atoms with Crippen molar-refractivity contribution in [1.29, 1.82) is 0 Å². The van der Waals surface area contributed by atoms with Crippen LogP contribution in [0.15, 0.2) is 29.1 Å². The third kappa shape index (κ3) is 4.49. The van der Waals surface area contributed by atoms with E-state index in [0.29, 0.717) is 0 Å². The molecular formula is C21H33N3O. The van der Waals surface area contributed by atoms with Crippen molar-refractivity contribution < 1.29 is 0 Å². The maximum Gasteiger partial charge on any atom is 0.348 e. The Morgan fingerprint density at radius 3 is 2.40 bits per heavy atom. The number of aromatic nitrogens is 2. The van der Waals surface area contributed by atoms with Gasteiger partial charge < -0.3 is 4.90 Å². The fourth-order valence-electron chi connectivity index (χ4n) is 3.65. The van der Waals surface area contributed by atoms with Crippen molar-refractivity contribution in [2.45, 2.75) is 65.8 Å². The molecule has 138 valence electrons. The second kappa shape index (κ2) is 8.13. The van der Waals surface area contributed by atoms with Gasteiger partial charge in [-0.2, -0.15) is 4.98 Å². The molecule has 1 aliphatic rings. The van der Waals surface area contributed by atoms with Crippen molar-refractivity contribution in [3.05, 3.63) is 40.4 Å². The van der Waals surface area contributed by atoms with Gasteiger partial charge >= 0.3 is 5.69 Å². The van der Waals surface area contributed by atoms with Crippen molar-refractivity contribution in [2.75, 3.05) is 19.6 Å². The van der Waals surface area contributed by atoms with Crippen LogP contribution in [0, 0.1) is 0 Å². The lowest BCUT2D eigenvalue weighted by Gasteiger charge is -2.26. The number of benzene rings is 1. The first kappa shape index (κ1) is 19.6. The highest BCUT2D eigenvalue weighted by Crippen LogP contribution is 2.26. The summed E-state index contributed by atoms with van der Waals surface area (Å²) in [6.45, 7) is 10.6. The van der Waals surface area contributed by atoms with Gasteiger partial charge in [-0.3, -0.25) is 4.57 Å². The summed E-state index contributed by atoms with van der Waals surface area (Å²) in [6, 6.07) is 8.18. The standard InChI is InChI=1S/C20H29N3O.CH4/c1-20(2,3)18-16-10-5-6-11-17(16)23(19(24)21-18)15-9-14-22-12-7-4-8-13-22;/h5-6,10-11H,4,7-9,12-15H2,1-3H3;1H4. The zero-order chi connectivity index (χ0) is 17.2. The Balaban J connectivity index is 0.00000225. The smallest absolute Gasteiger partial charge is 0.303 e. The van der Waals surface area contributed by atoms with E-state index in [0.717, 1.165) is 36.1 Å². The number of likely N-dealkylation sites (tertiary alicyclic amines) is 1. The molecule has 0 saturated carbocycles. The van der Waals surface area contributed by atoms with Gasteiger partial charge in [0.05, 0.1) is 11.2 Å². The molecule has 0 amide bonds. The minimum absolute atomic E-state index is 0. The Kier molecular flexibility index (Phi) is 6.39. The van der Waals surface area contributed by atoms with Crippen molar-refractivity contribution in [2.24, 2.45) is 0 Å². The molecule has 1 aliphatic heterocycles. The third-order valence-electron chi connectivity index (χ3n) is 4.90. The maximum absolute atomic E-state index is 12.6. The topological polar surface area (TPSA) is 38.1 Å². The summed E-state index contributed by atoms with van der Waals surface area (Å²) in [6.07, 6.45) is 4.98. The number of nitrogens with zero attached hydrogens (tertiary/aromatic N) is 3. The first-order valence-electron chi connectivity index (χ1n) is 9.19. The van der Waals surface area contributed by atoms with Crippen molar-refractivity contribution in [3.8, 4) is 0 Å². The Hall–Kier alpha value is -1.68. The van der Waals surface area contributed by atoms with Crippen LogP contribution in [-0.4, -0.2) is 34.1 Å². The molecule has 0 radical (unpaired) electrons. The first-order chi connectivity index (χ1) is 11.5. The number of hydrogen-bond acceptors (Lipinski definition) is 3. The van der Waals surface area contributed by atoms with Crippen LogP contribution in [-0.2, 0) is 12.0 Å². The highest BCUT2D eigenvalue weighted by molar-refractivity contribution is 5.82. The highest BCUT2D eigenvalue weighted by Gasteiger charge is 2.21. The quantitative estimate of drug-likeness (QED) is 0.835. The zero-order valence-corrected chi connectivity index (χ0v) is 15.2. The second-order valence-corrected chi connectivity index (χ2v) is 7.92. The van der Waals surface area contributed by atoms with E-state index in [4.69, 9.17) is 0 Å². The van der Waals surface area contributed by atoms with Gasteiger partial charge in [0.1, 0.15) is 0 Å². The number of aryl methyl sites for hydroxylation is 1. The molecule has 2 aromatic rings. The fourth-order valence-corrected chi connectivity index (χ4v) is 3.65. The number of fused-ring (bicyclic) bond motifs is 1. The molecule has 4 heteroatoms. The monoisotopic (exact) mass is 343 g/mol. The lowest BCUT2D eigenvalue weighted by molar-refractivity contribution is 0.223. The molecule has 0 unspecified atom stereocenters. The Labute approximate surface area is 151 Å². The Morgan fingerprint density at radius 1 is 1.04 bits per heavy atom. The van der Waals surface area contributed by atoms with Gasteiger partial charge in [-0.05, 0) is 45.0 Å². The maximum atomic E-state index is 12.6. The van der Waals surface area contributed by atoms with Crippen LogP contribution in [0.25, 0.3) is 10.9 Å². The van der Waals surface area contributed by atoms with E-state index in [1.54, 1.807) is 0 Å². The summed E-state index contributed by atoms with van der Waals surface area (Å²) in [5.41, 5.74) is 1.67. The van der Waals surface area contributed by atoms with E-state index >= 15 is 0 Å². The summed E-state index contributed by atoms with van der Waals surface area (Å²) in [5, 5.41) is 1.10. The van der Waals surface area contributed by atoms with E-state index in [1.165, 1.54) is 32.4 Å². The summed E-state index contributed by atoms with van der Waals surface area (Å²) in [5.74, 6) is 0. The molecule has 0 N–H and O–H groups in total. The predicted molar refractivity (Wildman–Crippen MR) is 106 cm³/mol. The lowest BCUT2D eigenvalue weighted by atomic mass is 9.89. The van der Waals surface area contributed by atoms with Gasteiger partial charge in [0.2, 0.25) is 0 Å². The SMILES string of the molecule is C.CC(C)(C)c1nc(=O)n(CCCN2CCCCC2)c2ccccc12. The molecule has 1 fully saturated rings. The minimum atomic E-state index is -0.133. The summed E-state index contributed by atoms with van der Waals surface area (Å²) in [7, 11) is 0. The molecule has 0 spiro atoms. The number of rotatable bonds is 4. The molecule has 0 aliphatic carbocycles. The molecule has 0 bridgehead atoms. The van der Waals surface area contributed by atoms with Gasteiger partial charge in [0.15, 0.2) is 0 Å². The van der Waals surface area contributed by atoms with E-state index in [1.807, 2.05) is 16.7 Å². The molecular weight excluding hydrogens is 310 g/mol.